The second-order valence-corrected chi connectivity index (χ2v) is 7.47. The van der Waals surface area contributed by atoms with E-state index in [0.717, 1.165) is 12.2 Å². The molecule has 1 atom stereocenters. The minimum absolute atomic E-state index is 0.00616. The number of nitrogens with zero attached hydrogens (tertiary/aromatic N) is 4. The number of carbonyl (C=O) groups excluding carboxylic acids is 1. The number of aromatic nitrogens is 3. The summed E-state index contributed by atoms with van der Waals surface area (Å²) in [6.07, 6.45) is 6.73. The Morgan fingerprint density at radius 3 is 2.96 bits per heavy atom. The number of likely N-dealkylation sites (tertiary alicyclic amines) is 1. The highest BCUT2D eigenvalue weighted by Crippen LogP contribution is 2.46. The summed E-state index contributed by atoms with van der Waals surface area (Å²) in [5.41, 5.74) is 0.360. The fourth-order valence-electron chi connectivity index (χ4n) is 3.08. The summed E-state index contributed by atoms with van der Waals surface area (Å²) in [6, 6.07) is 2.87. The number of hydrogen-bond donors (Lipinski definition) is 0. The van der Waals surface area contributed by atoms with E-state index in [1.807, 2.05) is 0 Å². The van der Waals surface area contributed by atoms with E-state index in [1.54, 1.807) is 22.9 Å². The Labute approximate surface area is 142 Å². The summed E-state index contributed by atoms with van der Waals surface area (Å²) >= 11 is 1.78. The van der Waals surface area contributed by atoms with Crippen LogP contribution in [0, 0.1) is 5.82 Å². The first-order chi connectivity index (χ1) is 11.7. The molecule has 24 heavy (non-hydrogen) atoms. The monoisotopic (exact) mass is 346 g/mol. The standard InChI is InChI=1S/C16H15FN4O2S/c17-12-2-1-3-20-14(12)23-11-6-16(24-8-11)9-21(10-16)15(22)13-7-18-4-5-19-13/h1-5,7,11H,6,8-10H2. The van der Waals surface area contributed by atoms with Gasteiger partial charge in [-0.3, -0.25) is 9.78 Å². The lowest BCUT2D eigenvalue weighted by molar-refractivity contribution is 0.0507. The molecule has 2 aliphatic rings. The number of carbonyl (C=O) groups is 1. The molecule has 2 saturated heterocycles. The average Bonchev–Trinajstić information content (AvgIpc) is 3.00. The van der Waals surface area contributed by atoms with Crippen molar-refractivity contribution in [3.63, 3.8) is 0 Å². The van der Waals surface area contributed by atoms with Gasteiger partial charge in [-0.05, 0) is 12.1 Å². The molecule has 1 amide bonds. The van der Waals surface area contributed by atoms with E-state index in [-0.39, 0.29) is 22.6 Å². The van der Waals surface area contributed by atoms with Crippen molar-refractivity contribution in [2.24, 2.45) is 0 Å². The molecular weight excluding hydrogens is 331 g/mol. The molecule has 2 fully saturated rings. The zero-order chi connectivity index (χ0) is 16.6. The zero-order valence-electron chi connectivity index (χ0n) is 12.8. The van der Waals surface area contributed by atoms with Gasteiger partial charge in [-0.15, -0.1) is 11.8 Å². The van der Waals surface area contributed by atoms with Gasteiger partial charge in [0, 0.05) is 43.9 Å². The largest absolute Gasteiger partial charge is 0.471 e. The van der Waals surface area contributed by atoms with Gasteiger partial charge in [-0.25, -0.2) is 14.4 Å². The smallest absolute Gasteiger partial charge is 0.274 e. The fraction of sp³-hybridized carbons (Fsp3) is 0.375. The van der Waals surface area contributed by atoms with Crippen LogP contribution in [0.25, 0.3) is 0 Å². The maximum absolute atomic E-state index is 13.6. The van der Waals surface area contributed by atoms with Crippen molar-refractivity contribution in [3.8, 4) is 5.88 Å². The van der Waals surface area contributed by atoms with E-state index in [0.29, 0.717) is 18.8 Å². The number of hydrogen-bond acceptors (Lipinski definition) is 6. The predicted octanol–water partition coefficient (Wildman–Crippen LogP) is 1.79. The highest BCUT2D eigenvalue weighted by Gasteiger charge is 2.51. The molecule has 2 aromatic rings. The molecule has 1 spiro atoms. The molecule has 0 aromatic carbocycles. The Balaban J connectivity index is 1.35. The van der Waals surface area contributed by atoms with Gasteiger partial charge < -0.3 is 9.64 Å². The van der Waals surface area contributed by atoms with Gasteiger partial charge in [0.25, 0.3) is 11.8 Å². The molecule has 0 bridgehead atoms. The SMILES string of the molecule is O=C(c1cnccn1)N1CC2(CC(Oc3ncccc3F)CS2)C1. The highest BCUT2D eigenvalue weighted by atomic mass is 32.2. The minimum Gasteiger partial charge on any atom is -0.471 e. The molecule has 4 rings (SSSR count). The Morgan fingerprint density at radius 2 is 2.21 bits per heavy atom. The zero-order valence-corrected chi connectivity index (χ0v) is 13.6. The fourth-order valence-corrected chi connectivity index (χ4v) is 4.60. The van der Waals surface area contributed by atoms with Gasteiger partial charge in [-0.1, -0.05) is 0 Å². The van der Waals surface area contributed by atoms with Crippen LogP contribution in [0.1, 0.15) is 16.9 Å². The van der Waals surface area contributed by atoms with E-state index in [9.17, 15) is 9.18 Å². The lowest BCUT2D eigenvalue weighted by Gasteiger charge is -2.47. The predicted molar refractivity (Wildman–Crippen MR) is 86.4 cm³/mol. The maximum atomic E-state index is 13.6. The van der Waals surface area contributed by atoms with Crippen LogP contribution in [0.2, 0.25) is 0 Å². The lowest BCUT2D eigenvalue weighted by atomic mass is 9.92. The molecule has 2 aromatic heterocycles. The summed E-state index contributed by atoms with van der Waals surface area (Å²) < 4.78 is 19.3. The third-order valence-corrected chi connectivity index (χ3v) is 5.78. The van der Waals surface area contributed by atoms with Crippen LogP contribution in [0.5, 0.6) is 5.88 Å². The Morgan fingerprint density at radius 1 is 1.33 bits per heavy atom. The van der Waals surface area contributed by atoms with Crippen LogP contribution in [-0.2, 0) is 0 Å². The van der Waals surface area contributed by atoms with Gasteiger partial charge in [-0.2, -0.15) is 0 Å². The van der Waals surface area contributed by atoms with Gasteiger partial charge >= 0.3 is 0 Å². The van der Waals surface area contributed by atoms with Gasteiger partial charge in [0.15, 0.2) is 5.82 Å². The maximum Gasteiger partial charge on any atom is 0.274 e. The first kappa shape index (κ1) is 15.3. The van der Waals surface area contributed by atoms with Crippen LogP contribution in [0.3, 0.4) is 0 Å². The van der Waals surface area contributed by atoms with Crippen molar-refractivity contribution < 1.29 is 13.9 Å². The number of amides is 1. The van der Waals surface area contributed by atoms with Gasteiger partial charge in [0.2, 0.25) is 0 Å². The lowest BCUT2D eigenvalue weighted by Crippen LogP contribution is -2.61. The van der Waals surface area contributed by atoms with Crippen molar-refractivity contribution in [1.82, 2.24) is 19.9 Å². The number of thioether (sulfide) groups is 1. The molecule has 0 N–H and O–H groups in total. The number of pyridine rings is 1. The number of ether oxygens (including phenoxy) is 1. The van der Waals surface area contributed by atoms with E-state index in [4.69, 9.17) is 4.74 Å². The molecule has 1 unspecified atom stereocenters. The van der Waals surface area contributed by atoms with Crippen LogP contribution >= 0.6 is 11.8 Å². The molecule has 0 saturated carbocycles. The third kappa shape index (κ3) is 2.82. The van der Waals surface area contributed by atoms with Crippen molar-refractivity contribution in [3.05, 3.63) is 48.4 Å². The summed E-state index contributed by atoms with van der Waals surface area (Å²) in [6.45, 7) is 1.30. The Hall–Kier alpha value is -2.22. The van der Waals surface area contributed by atoms with E-state index < -0.39 is 5.82 Å². The van der Waals surface area contributed by atoms with Crippen LogP contribution in [0.4, 0.5) is 4.39 Å². The van der Waals surface area contributed by atoms with Crippen molar-refractivity contribution >= 4 is 17.7 Å². The molecule has 4 heterocycles. The van der Waals surface area contributed by atoms with Crippen LogP contribution in [-0.4, -0.2) is 55.5 Å². The Kier molecular flexibility index (Phi) is 3.84. The summed E-state index contributed by atoms with van der Waals surface area (Å²) in [5.74, 6) is 0.265. The highest BCUT2D eigenvalue weighted by molar-refractivity contribution is 8.01. The molecule has 2 aliphatic heterocycles. The van der Waals surface area contributed by atoms with Crippen molar-refractivity contribution in [1.29, 1.82) is 0 Å². The number of halogens is 1. The normalized spacial score (nSPS) is 21.5. The van der Waals surface area contributed by atoms with E-state index >= 15 is 0 Å². The molecule has 124 valence electrons. The summed E-state index contributed by atoms with van der Waals surface area (Å²) in [5, 5.41) is 0. The second kappa shape index (κ2) is 6.01. The van der Waals surface area contributed by atoms with Crippen LogP contribution < -0.4 is 4.74 Å². The van der Waals surface area contributed by atoms with Gasteiger partial charge in [0.05, 0.1) is 10.9 Å². The average molecular weight is 346 g/mol. The third-order valence-electron chi connectivity index (χ3n) is 4.21. The Bertz CT molecular complexity index is 755. The minimum atomic E-state index is -0.448. The molecule has 8 heteroatoms. The summed E-state index contributed by atoms with van der Waals surface area (Å²) in [4.78, 5) is 26.0. The topological polar surface area (TPSA) is 68.2 Å². The second-order valence-electron chi connectivity index (χ2n) is 5.98. The molecule has 6 nitrogen and oxygen atoms in total. The van der Waals surface area contributed by atoms with E-state index in [1.165, 1.54) is 30.7 Å². The molecule has 0 radical (unpaired) electrons. The number of rotatable bonds is 3. The van der Waals surface area contributed by atoms with Crippen molar-refractivity contribution in [2.75, 3.05) is 18.8 Å². The summed E-state index contributed by atoms with van der Waals surface area (Å²) in [7, 11) is 0. The quantitative estimate of drug-likeness (QED) is 0.844. The first-order valence-corrected chi connectivity index (χ1v) is 8.60. The first-order valence-electron chi connectivity index (χ1n) is 7.62. The van der Waals surface area contributed by atoms with E-state index in [2.05, 4.69) is 15.0 Å². The molecule has 0 aliphatic carbocycles. The molecular formula is C16H15FN4O2S. The van der Waals surface area contributed by atoms with Gasteiger partial charge in [0.1, 0.15) is 11.8 Å². The van der Waals surface area contributed by atoms with Crippen LogP contribution in [0.15, 0.2) is 36.9 Å². The van der Waals surface area contributed by atoms with Crippen molar-refractivity contribution in [2.45, 2.75) is 17.3 Å².